The van der Waals surface area contributed by atoms with E-state index in [1.54, 1.807) is 11.6 Å². The van der Waals surface area contributed by atoms with Crippen molar-refractivity contribution in [3.05, 3.63) is 65.7 Å². The first kappa shape index (κ1) is 26.4. The van der Waals surface area contributed by atoms with Gasteiger partial charge in [0.1, 0.15) is 12.2 Å². The fraction of sp³-hybridized carbons (Fsp3) is 0.472. The van der Waals surface area contributed by atoms with E-state index in [1.807, 2.05) is 36.4 Å². The number of aromatic nitrogens is 1. The van der Waals surface area contributed by atoms with Crippen LogP contribution in [0.15, 0.2) is 65.2 Å². The molecule has 0 aliphatic heterocycles. The Morgan fingerprint density at radius 1 is 1.07 bits per heavy atom. The molecule has 0 radical (unpaired) electrons. The predicted molar refractivity (Wildman–Crippen MR) is 163 cm³/mol. The number of terminal acetylenes is 1. The van der Waals surface area contributed by atoms with Gasteiger partial charge in [-0.1, -0.05) is 48.7 Å². The van der Waals surface area contributed by atoms with Crippen LogP contribution in [0.3, 0.4) is 0 Å². The van der Waals surface area contributed by atoms with E-state index in [2.05, 4.69) is 25.0 Å². The van der Waals surface area contributed by atoms with Gasteiger partial charge in [0.25, 0.3) is 0 Å². The fourth-order valence-electron chi connectivity index (χ4n) is 8.94. The van der Waals surface area contributed by atoms with Crippen LogP contribution in [0.2, 0.25) is 0 Å². The van der Waals surface area contributed by atoms with Crippen molar-refractivity contribution in [3.8, 4) is 12.3 Å². The molecule has 1 N–H and O–H groups in total. The SMILES string of the molecule is C#C[C@]1(O)CC[C@H]2[C@@H]3CCC4=CC(=NCCOC(=O)c5cccc6cc7ccccc7nc56)CC[C@@H]4[C@H]3CC[C@@]21C. The summed E-state index contributed by atoms with van der Waals surface area (Å²) in [5.41, 5.74) is 3.64. The fourth-order valence-corrected chi connectivity index (χ4v) is 8.94. The van der Waals surface area contributed by atoms with Crippen molar-refractivity contribution < 1.29 is 14.6 Å². The number of rotatable bonds is 4. The van der Waals surface area contributed by atoms with Crippen molar-refractivity contribution >= 4 is 33.5 Å². The largest absolute Gasteiger partial charge is 0.460 e. The number of esters is 1. The second kappa shape index (κ2) is 10.1. The number of carbonyl (C=O) groups is 1. The Labute approximate surface area is 242 Å². The highest BCUT2D eigenvalue weighted by atomic mass is 16.5. The highest BCUT2D eigenvalue weighted by molar-refractivity contribution is 6.05. The van der Waals surface area contributed by atoms with Crippen molar-refractivity contribution in [3.63, 3.8) is 0 Å². The molecule has 0 spiro atoms. The van der Waals surface area contributed by atoms with Crippen LogP contribution in [0.5, 0.6) is 0 Å². The van der Waals surface area contributed by atoms with Gasteiger partial charge in [0.2, 0.25) is 0 Å². The van der Waals surface area contributed by atoms with Crippen LogP contribution in [0.4, 0.5) is 0 Å². The van der Waals surface area contributed by atoms with Crippen LogP contribution in [-0.4, -0.2) is 40.5 Å². The molecule has 210 valence electrons. The maximum absolute atomic E-state index is 13.0. The third-order valence-electron chi connectivity index (χ3n) is 11.1. The van der Waals surface area contributed by atoms with E-state index in [1.165, 1.54) is 6.42 Å². The lowest BCUT2D eigenvalue weighted by Gasteiger charge is -2.54. The third-order valence-corrected chi connectivity index (χ3v) is 11.1. The predicted octanol–water partition coefficient (Wildman–Crippen LogP) is 6.92. The standard InChI is InChI=1S/C36H38N2O3/c1-3-36(40)18-16-31-29-13-11-23-22-26(12-14-27(23)28(29)15-17-35(31,36)2)37-19-20-41-34(39)30-9-6-8-25-21-24-7-4-5-10-32(24)38-33(25)30/h1,4-10,21-22,27-29,31,40H,11-20H2,2H3/t27-,28+,29+,31-,35-,36-/m0/s1. The molecule has 3 fully saturated rings. The second-order valence-corrected chi connectivity index (χ2v) is 12.9. The lowest BCUT2D eigenvalue weighted by molar-refractivity contribution is -0.0852. The molecule has 2 aromatic carbocycles. The molecule has 5 nitrogen and oxygen atoms in total. The second-order valence-electron chi connectivity index (χ2n) is 12.9. The number of carbonyl (C=O) groups excluding carboxylic acids is 1. The molecule has 3 aromatic rings. The van der Waals surface area contributed by atoms with Gasteiger partial charge < -0.3 is 9.84 Å². The molecular formula is C36H38N2O3. The summed E-state index contributed by atoms with van der Waals surface area (Å²) in [5, 5.41) is 13.2. The minimum atomic E-state index is -0.937. The summed E-state index contributed by atoms with van der Waals surface area (Å²) in [6, 6.07) is 15.6. The molecule has 7 rings (SSSR count). The van der Waals surface area contributed by atoms with Crippen molar-refractivity contribution in [2.75, 3.05) is 13.2 Å². The number of pyridine rings is 1. The van der Waals surface area contributed by atoms with Crippen molar-refractivity contribution in [1.29, 1.82) is 0 Å². The Kier molecular flexibility index (Phi) is 6.51. The van der Waals surface area contributed by atoms with E-state index in [-0.39, 0.29) is 18.0 Å². The maximum atomic E-state index is 13.0. The number of allylic oxidation sites excluding steroid dienone is 2. The normalized spacial score (nSPS) is 33.5. The Morgan fingerprint density at radius 3 is 2.80 bits per heavy atom. The summed E-state index contributed by atoms with van der Waals surface area (Å²) in [4.78, 5) is 22.6. The minimum absolute atomic E-state index is 0.140. The smallest absolute Gasteiger partial charge is 0.340 e. The Balaban J connectivity index is 0.993. The Hall–Kier alpha value is -3.49. The van der Waals surface area contributed by atoms with Crippen LogP contribution in [0.1, 0.15) is 68.6 Å². The van der Waals surface area contributed by atoms with Crippen LogP contribution in [0.25, 0.3) is 21.8 Å². The summed E-state index contributed by atoms with van der Waals surface area (Å²) in [6.07, 6.45) is 16.6. The maximum Gasteiger partial charge on any atom is 0.340 e. The molecule has 6 atom stereocenters. The minimum Gasteiger partial charge on any atom is -0.460 e. The molecule has 1 heterocycles. The van der Waals surface area contributed by atoms with Gasteiger partial charge in [-0.25, -0.2) is 9.78 Å². The molecule has 5 heteroatoms. The van der Waals surface area contributed by atoms with Gasteiger partial charge in [0.05, 0.1) is 23.1 Å². The molecule has 3 saturated carbocycles. The highest BCUT2D eigenvalue weighted by Crippen LogP contribution is 2.64. The van der Waals surface area contributed by atoms with E-state index in [4.69, 9.17) is 21.1 Å². The summed E-state index contributed by atoms with van der Waals surface area (Å²) >= 11 is 0. The summed E-state index contributed by atoms with van der Waals surface area (Å²) < 4.78 is 5.65. The van der Waals surface area contributed by atoms with E-state index in [9.17, 15) is 9.90 Å². The molecule has 4 aliphatic carbocycles. The average molecular weight is 547 g/mol. The monoisotopic (exact) mass is 546 g/mol. The average Bonchev–Trinajstić information content (AvgIpc) is 3.28. The lowest BCUT2D eigenvalue weighted by Crippen LogP contribution is -2.52. The third kappa shape index (κ3) is 4.30. The molecule has 0 unspecified atom stereocenters. The molecule has 41 heavy (non-hydrogen) atoms. The lowest BCUT2D eigenvalue weighted by atomic mass is 9.50. The highest BCUT2D eigenvalue weighted by Gasteiger charge is 2.61. The zero-order chi connectivity index (χ0) is 28.2. The Morgan fingerprint density at radius 2 is 1.93 bits per heavy atom. The molecular weight excluding hydrogens is 508 g/mol. The van der Waals surface area contributed by atoms with Crippen LogP contribution >= 0.6 is 0 Å². The number of para-hydroxylation sites is 2. The molecule has 1 aromatic heterocycles. The van der Waals surface area contributed by atoms with Gasteiger partial charge in [0, 0.05) is 21.9 Å². The van der Waals surface area contributed by atoms with Gasteiger partial charge in [0.15, 0.2) is 0 Å². The van der Waals surface area contributed by atoms with E-state index in [0.29, 0.717) is 41.3 Å². The number of fused-ring (bicyclic) bond motifs is 7. The summed E-state index contributed by atoms with van der Waals surface area (Å²) in [5.74, 6) is 4.95. The number of benzene rings is 2. The number of hydrogen-bond donors (Lipinski definition) is 1. The summed E-state index contributed by atoms with van der Waals surface area (Å²) in [7, 11) is 0. The van der Waals surface area contributed by atoms with Crippen LogP contribution in [-0.2, 0) is 4.74 Å². The van der Waals surface area contributed by atoms with Crippen LogP contribution < -0.4 is 0 Å². The van der Waals surface area contributed by atoms with Gasteiger partial charge in [-0.05, 0) is 99.3 Å². The molecule has 0 amide bonds. The summed E-state index contributed by atoms with van der Waals surface area (Å²) in [6.45, 7) is 2.97. The van der Waals surface area contributed by atoms with Gasteiger partial charge in [-0.15, -0.1) is 6.42 Å². The number of ether oxygens (including phenoxy) is 1. The van der Waals surface area contributed by atoms with Gasteiger partial charge in [-0.2, -0.15) is 0 Å². The molecule has 0 saturated heterocycles. The quantitative estimate of drug-likeness (QED) is 0.167. The van der Waals surface area contributed by atoms with E-state index in [0.717, 1.165) is 66.9 Å². The molecule has 0 bridgehead atoms. The van der Waals surface area contributed by atoms with Gasteiger partial charge >= 0.3 is 5.97 Å². The first-order valence-electron chi connectivity index (χ1n) is 15.3. The first-order valence-corrected chi connectivity index (χ1v) is 15.3. The zero-order valence-electron chi connectivity index (χ0n) is 23.8. The van der Waals surface area contributed by atoms with Crippen molar-refractivity contribution in [2.24, 2.45) is 34.1 Å². The zero-order valence-corrected chi connectivity index (χ0v) is 23.8. The first-order chi connectivity index (χ1) is 19.9. The number of hydrogen-bond acceptors (Lipinski definition) is 5. The number of aliphatic imine (C=N–C) groups is 1. The van der Waals surface area contributed by atoms with Crippen molar-refractivity contribution in [2.45, 2.75) is 63.9 Å². The number of nitrogens with zero attached hydrogens (tertiary/aromatic N) is 2. The number of aliphatic hydroxyl groups is 1. The molecule has 4 aliphatic rings. The van der Waals surface area contributed by atoms with Crippen molar-refractivity contribution in [1.82, 2.24) is 4.98 Å². The van der Waals surface area contributed by atoms with E-state index >= 15 is 0 Å². The van der Waals surface area contributed by atoms with Gasteiger partial charge in [-0.3, -0.25) is 4.99 Å². The van der Waals surface area contributed by atoms with E-state index < -0.39 is 5.60 Å². The topological polar surface area (TPSA) is 71.8 Å². The van der Waals surface area contributed by atoms with Crippen LogP contribution in [0, 0.1) is 41.4 Å². The Bertz CT molecular complexity index is 1630.